The molecule has 0 aliphatic carbocycles. The molecule has 0 aliphatic heterocycles. The summed E-state index contributed by atoms with van der Waals surface area (Å²) in [5.41, 5.74) is 0.542. The zero-order chi connectivity index (χ0) is 17.2. The monoisotopic (exact) mass is 341 g/mol. The SMILES string of the molecule is CCn1cc(CN(C(C)C)S(=O)(=O)c2cc(C(=O)O)co2)cn1. The molecule has 1 N–H and O–H groups in total. The Bertz CT molecular complexity index is 791. The van der Waals surface area contributed by atoms with Crippen molar-refractivity contribution in [2.45, 2.75) is 45.0 Å². The summed E-state index contributed by atoms with van der Waals surface area (Å²) in [6.07, 6.45) is 4.30. The van der Waals surface area contributed by atoms with Crippen molar-refractivity contribution in [3.8, 4) is 0 Å². The Morgan fingerprint density at radius 3 is 2.65 bits per heavy atom. The van der Waals surface area contributed by atoms with Gasteiger partial charge in [-0.1, -0.05) is 0 Å². The fourth-order valence-corrected chi connectivity index (χ4v) is 3.62. The van der Waals surface area contributed by atoms with Crippen LogP contribution in [0.25, 0.3) is 0 Å². The van der Waals surface area contributed by atoms with Crippen LogP contribution in [0.5, 0.6) is 0 Å². The van der Waals surface area contributed by atoms with E-state index in [-0.39, 0.29) is 23.2 Å². The number of carboxylic acids is 1. The molecule has 23 heavy (non-hydrogen) atoms. The molecule has 0 aliphatic rings. The first-order chi connectivity index (χ1) is 10.8. The average molecular weight is 341 g/mol. The molecule has 0 saturated carbocycles. The van der Waals surface area contributed by atoms with Gasteiger partial charge in [0.05, 0.1) is 11.8 Å². The molecule has 9 heteroatoms. The molecule has 0 fully saturated rings. The summed E-state index contributed by atoms with van der Waals surface area (Å²) in [6, 6.07) is 0.686. The molecule has 2 aromatic heterocycles. The van der Waals surface area contributed by atoms with Crippen LogP contribution in [-0.4, -0.2) is 39.6 Å². The van der Waals surface area contributed by atoms with Crippen molar-refractivity contribution < 1.29 is 22.7 Å². The first-order valence-corrected chi connectivity index (χ1v) is 8.54. The smallest absolute Gasteiger partial charge is 0.339 e. The van der Waals surface area contributed by atoms with Crippen LogP contribution in [-0.2, 0) is 23.1 Å². The highest BCUT2D eigenvalue weighted by Crippen LogP contribution is 2.23. The fraction of sp³-hybridized carbons (Fsp3) is 0.429. The van der Waals surface area contributed by atoms with Gasteiger partial charge in [0.1, 0.15) is 6.26 Å². The van der Waals surface area contributed by atoms with Crippen LogP contribution < -0.4 is 0 Å². The van der Waals surface area contributed by atoms with Crippen LogP contribution in [0.3, 0.4) is 0 Å². The van der Waals surface area contributed by atoms with Crippen LogP contribution >= 0.6 is 0 Å². The number of hydrogen-bond donors (Lipinski definition) is 1. The topological polar surface area (TPSA) is 106 Å². The molecular weight excluding hydrogens is 322 g/mol. The molecule has 0 radical (unpaired) electrons. The second-order valence-electron chi connectivity index (χ2n) is 5.31. The van der Waals surface area contributed by atoms with Crippen molar-refractivity contribution >= 4 is 16.0 Å². The van der Waals surface area contributed by atoms with Gasteiger partial charge in [0.15, 0.2) is 0 Å². The molecule has 2 rings (SSSR count). The van der Waals surface area contributed by atoms with Crippen molar-refractivity contribution in [2.75, 3.05) is 0 Å². The number of nitrogens with zero attached hydrogens (tertiary/aromatic N) is 3. The fourth-order valence-electron chi connectivity index (χ4n) is 2.07. The van der Waals surface area contributed by atoms with E-state index in [0.29, 0.717) is 6.54 Å². The third-order valence-electron chi connectivity index (χ3n) is 3.31. The molecule has 2 heterocycles. The molecule has 0 atom stereocenters. The molecule has 0 spiro atoms. The van der Waals surface area contributed by atoms with E-state index in [9.17, 15) is 13.2 Å². The number of carboxylic acid groups (broad SMARTS) is 1. The molecule has 0 unspecified atom stereocenters. The number of aromatic carboxylic acids is 1. The Morgan fingerprint density at radius 1 is 1.48 bits per heavy atom. The maximum atomic E-state index is 12.7. The molecule has 126 valence electrons. The maximum Gasteiger partial charge on any atom is 0.339 e. The lowest BCUT2D eigenvalue weighted by Gasteiger charge is -2.24. The number of aromatic nitrogens is 2. The highest BCUT2D eigenvalue weighted by atomic mass is 32.2. The third-order valence-corrected chi connectivity index (χ3v) is 5.20. The van der Waals surface area contributed by atoms with Gasteiger partial charge in [-0.25, -0.2) is 13.2 Å². The number of furan rings is 1. The predicted octanol–water partition coefficient (Wildman–Crippen LogP) is 1.79. The lowest BCUT2D eigenvalue weighted by molar-refractivity contribution is 0.0696. The highest BCUT2D eigenvalue weighted by molar-refractivity contribution is 7.89. The Kier molecular flexibility index (Phi) is 4.90. The maximum absolute atomic E-state index is 12.7. The van der Waals surface area contributed by atoms with Gasteiger partial charge in [-0.2, -0.15) is 9.40 Å². The van der Waals surface area contributed by atoms with Crippen LogP contribution in [0.1, 0.15) is 36.7 Å². The summed E-state index contributed by atoms with van der Waals surface area (Å²) in [5.74, 6) is -1.24. The Morgan fingerprint density at radius 2 is 2.17 bits per heavy atom. The minimum atomic E-state index is -3.94. The van der Waals surface area contributed by atoms with Crippen LogP contribution in [0.2, 0.25) is 0 Å². The van der Waals surface area contributed by atoms with E-state index in [1.165, 1.54) is 4.31 Å². The van der Waals surface area contributed by atoms with E-state index in [1.54, 1.807) is 30.9 Å². The molecule has 0 aromatic carbocycles. The number of carbonyl (C=O) groups is 1. The molecule has 0 bridgehead atoms. The summed E-state index contributed by atoms with van der Waals surface area (Å²) in [7, 11) is -3.94. The van der Waals surface area contributed by atoms with Crippen molar-refractivity contribution in [1.82, 2.24) is 14.1 Å². The Hall–Kier alpha value is -2.13. The van der Waals surface area contributed by atoms with Crippen molar-refractivity contribution in [1.29, 1.82) is 0 Å². The van der Waals surface area contributed by atoms with Crippen LogP contribution in [0, 0.1) is 0 Å². The molecule has 2 aromatic rings. The van der Waals surface area contributed by atoms with Gasteiger partial charge in [0, 0.05) is 37.0 Å². The lowest BCUT2D eigenvalue weighted by Crippen LogP contribution is -2.36. The van der Waals surface area contributed by atoms with Crippen LogP contribution in [0.4, 0.5) is 0 Å². The lowest BCUT2D eigenvalue weighted by atomic mass is 10.3. The second-order valence-corrected chi connectivity index (χ2v) is 7.13. The standard InChI is InChI=1S/C14H19N3O5S/c1-4-16-7-11(6-15-16)8-17(10(2)3)23(20,21)13-5-12(9-22-13)14(18)19/h5-7,9-10H,4,8H2,1-3H3,(H,18,19). The van der Waals surface area contributed by atoms with Gasteiger partial charge in [0.2, 0.25) is 5.09 Å². The minimum Gasteiger partial charge on any atom is -0.478 e. The number of rotatable bonds is 7. The van der Waals surface area contributed by atoms with E-state index in [1.807, 2.05) is 6.92 Å². The van der Waals surface area contributed by atoms with Gasteiger partial charge in [-0.05, 0) is 20.8 Å². The number of aryl methyl sites for hydroxylation is 1. The minimum absolute atomic E-state index is 0.128. The zero-order valence-corrected chi connectivity index (χ0v) is 13.9. The van der Waals surface area contributed by atoms with Gasteiger partial charge >= 0.3 is 5.97 Å². The highest BCUT2D eigenvalue weighted by Gasteiger charge is 2.31. The quantitative estimate of drug-likeness (QED) is 0.823. The molecular formula is C14H19N3O5S. The van der Waals surface area contributed by atoms with Crippen molar-refractivity contribution in [3.63, 3.8) is 0 Å². The van der Waals surface area contributed by atoms with E-state index in [4.69, 9.17) is 9.52 Å². The van der Waals surface area contributed by atoms with Gasteiger partial charge in [-0.15, -0.1) is 0 Å². The zero-order valence-electron chi connectivity index (χ0n) is 13.1. The molecule has 0 amide bonds. The van der Waals surface area contributed by atoms with Gasteiger partial charge in [0.25, 0.3) is 10.0 Å². The van der Waals surface area contributed by atoms with E-state index in [2.05, 4.69) is 5.10 Å². The van der Waals surface area contributed by atoms with E-state index in [0.717, 1.165) is 17.9 Å². The van der Waals surface area contributed by atoms with Gasteiger partial charge in [-0.3, -0.25) is 4.68 Å². The first kappa shape index (κ1) is 17.2. The van der Waals surface area contributed by atoms with E-state index < -0.39 is 16.0 Å². The van der Waals surface area contributed by atoms with Crippen molar-refractivity contribution in [3.05, 3.63) is 35.9 Å². The predicted molar refractivity (Wildman–Crippen MR) is 81.4 cm³/mol. The molecule has 8 nitrogen and oxygen atoms in total. The number of hydrogen-bond acceptors (Lipinski definition) is 5. The third kappa shape index (κ3) is 3.62. The van der Waals surface area contributed by atoms with Gasteiger partial charge < -0.3 is 9.52 Å². The second kappa shape index (κ2) is 6.55. The summed E-state index contributed by atoms with van der Waals surface area (Å²) in [4.78, 5) is 10.9. The Balaban J connectivity index is 2.32. The largest absolute Gasteiger partial charge is 0.478 e. The van der Waals surface area contributed by atoms with Crippen LogP contribution in [0.15, 0.2) is 34.2 Å². The van der Waals surface area contributed by atoms with E-state index >= 15 is 0 Å². The normalized spacial score (nSPS) is 12.2. The summed E-state index contributed by atoms with van der Waals surface area (Å²) >= 11 is 0. The first-order valence-electron chi connectivity index (χ1n) is 7.10. The summed E-state index contributed by atoms with van der Waals surface area (Å²) < 4.78 is 33.3. The summed E-state index contributed by atoms with van der Waals surface area (Å²) in [6.45, 7) is 6.23. The molecule has 0 saturated heterocycles. The number of sulfonamides is 1. The van der Waals surface area contributed by atoms with Crippen molar-refractivity contribution in [2.24, 2.45) is 0 Å². The average Bonchev–Trinajstić information content (AvgIpc) is 3.13. The summed E-state index contributed by atoms with van der Waals surface area (Å²) in [5, 5.41) is 12.6. The Labute approximate surface area is 134 Å².